The second kappa shape index (κ2) is 10.2. The third-order valence-corrected chi connectivity index (χ3v) is 5.13. The first-order chi connectivity index (χ1) is 13.7. The molecule has 2 rings (SSSR count). The third kappa shape index (κ3) is 6.17. The molecule has 0 saturated heterocycles. The Morgan fingerprint density at radius 1 is 1.17 bits per heavy atom. The van der Waals surface area contributed by atoms with E-state index in [4.69, 9.17) is 21.1 Å². The van der Waals surface area contributed by atoms with E-state index in [0.29, 0.717) is 10.6 Å². The van der Waals surface area contributed by atoms with Gasteiger partial charge in [-0.15, -0.1) is 11.3 Å². The molecule has 0 radical (unpaired) electrons. The Kier molecular flexibility index (Phi) is 7.99. The number of rotatable bonds is 7. The Balaban J connectivity index is 2.29. The largest absolute Gasteiger partial charge is 0.462 e. The zero-order chi connectivity index (χ0) is 21.6. The summed E-state index contributed by atoms with van der Waals surface area (Å²) in [5.41, 5.74) is 1.36. The van der Waals surface area contributed by atoms with Crippen molar-refractivity contribution >= 4 is 51.9 Å². The van der Waals surface area contributed by atoms with Crippen LogP contribution in [0.3, 0.4) is 0 Å². The molecule has 1 aromatic carbocycles. The van der Waals surface area contributed by atoms with Gasteiger partial charge < -0.3 is 14.8 Å². The highest BCUT2D eigenvalue weighted by Gasteiger charge is 2.27. The summed E-state index contributed by atoms with van der Waals surface area (Å²) in [6.45, 7) is 6.94. The van der Waals surface area contributed by atoms with Crippen LogP contribution in [0, 0.1) is 6.92 Å². The van der Waals surface area contributed by atoms with E-state index in [0.717, 1.165) is 16.9 Å². The predicted octanol–water partition coefficient (Wildman–Crippen LogP) is 5.10. The second-order valence-electron chi connectivity index (χ2n) is 6.31. The van der Waals surface area contributed by atoms with Crippen LogP contribution in [0.5, 0.6) is 0 Å². The van der Waals surface area contributed by atoms with Crippen LogP contribution in [0.4, 0.5) is 5.00 Å². The quantitative estimate of drug-likeness (QED) is 0.483. The fraction of sp³-hybridized carbons (Fsp3) is 0.286. The van der Waals surface area contributed by atoms with Gasteiger partial charge in [0.05, 0.1) is 18.3 Å². The van der Waals surface area contributed by atoms with Crippen LogP contribution in [-0.4, -0.2) is 30.6 Å². The van der Waals surface area contributed by atoms with Crippen molar-refractivity contribution in [1.82, 2.24) is 0 Å². The molecule has 0 aliphatic heterocycles. The van der Waals surface area contributed by atoms with Crippen LogP contribution in [0.2, 0.25) is 5.02 Å². The van der Waals surface area contributed by atoms with Gasteiger partial charge in [0.2, 0.25) is 5.91 Å². The summed E-state index contributed by atoms with van der Waals surface area (Å²) < 4.78 is 10.3. The predicted molar refractivity (Wildman–Crippen MR) is 115 cm³/mol. The Bertz CT molecular complexity index is 931. The number of anilines is 1. The molecule has 154 valence electrons. The zero-order valence-electron chi connectivity index (χ0n) is 16.6. The molecule has 0 aliphatic rings. The molecule has 1 aromatic heterocycles. The van der Waals surface area contributed by atoms with Crippen LogP contribution in [0.15, 0.2) is 30.3 Å². The standard InChI is InChI=1S/C21H22ClNO5S/c1-5-27-20(25)17-13(4)18(21(26)28-12(2)3)29-19(17)23-16(24)11-8-14-6-9-15(22)10-7-14/h6-12H,5H2,1-4H3,(H,23,24)/b11-8+. The van der Waals surface area contributed by atoms with Crippen molar-refractivity contribution in [2.75, 3.05) is 11.9 Å². The summed E-state index contributed by atoms with van der Waals surface area (Å²) in [5.74, 6) is -1.61. The van der Waals surface area contributed by atoms with E-state index in [1.165, 1.54) is 6.08 Å². The summed E-state index contributed by atoms with van der Waals surface area (Å²) in [5, 5.41) is 3.50. The minimum Gasteiger partial charge on any atom is -0.462 e. The van der Waals surface area contributed by atoms with E-state index in [1.54, 1.807) is 58.0 Å². The van der Waals surface area contributed by atoms with Crippen molar-refractivity contribution in [2.45, 2.75) is 33.8 Å². The van der Waals surface area contributed by atoms with Crippen molar-refractivity contribution in [2.24, 2.45) is 0 Å². The van der Waals surface area contributed by atoms with E-state index < -0.39 is 17.8 Å². The first kappa shape index (κ1) is 22.6. The highest BCUT2D eigenvalue weighted by atomic mass is 35.5. The van der Waals surface area contributed by atoms with Gasteiger partial charge in [-0.05, 0) is 57.0 Å². The molecule has 0 unspecified atom stereocenters. The van der Waals surface area contributed by atoms with Gasteiger partial charge in [0.15, 0.2) is 0 Å². The molecule has 8 heteroatoms. The molecule has 6 nitrogen and oxygen atoms in total. The number of ether oxygens (including phenoxy) is 2. The molecule has 1 N–H and O–H groups in total. The van der Waals surface area contributed by atoms with E-state index in [2.05, 4.69) is 5.32 Å². The molecule has 0 bridgehead atoms. The highest BCUT2D eigenvalue weighted by Crippen LogP contribution is 2.34. The van der Waals surface area contributed by atoms with Gasteiger partial charge in [-0.3, -0.25) is 4.79 Å². The van der Waals surface area contributed by atoms with Crippen LogP contribution in [0.1, 0.15) is 51.9 Å². The molecular weight excluding hydrogens is 414 g/mol. The van der Waals surface area contributed by atoms with Crippen molar-refractivity contribution in [3.8, 4) is 0 Å². The normalized spacial score (nSPS) is 11.0. The highest BCUT2D eigenvalue weighted by molar-refractivity contribution is 7.18. The smallest absolute Gasteiger partial charge is 0.348 e. The summed E-state index contributed by atoms with van der Waals surface area (Å²) in [6, 6.07) is 6.97. The van der Waals surface area contributed by atoms with Gasteiger partial charge in [-0.1, -0.05) is 23.7 Å². The van der Waals surface area contributed by atoms with Crippen LogP contribution >= 0.6 is 22.9 Å². The SMILES string of the molecule is CCOC(=O)c1c(NC(=O)/C=C/c2ccc(Cl)cc2)sc(C(=O)OC(C)C)c1C. The Morgan fingerprint density at radius 3 is 2.41 bits per heavy atom. The van der Waals surface area contributed by atoms with Gasteiger partial charge in [0.25, 0.3) is 0 Å². The van der Waals surface area contributed by atoms with Gasteiger partial charge >= 0.3 is 11.9 Å². The summed E-state index contributed by atoms with van der Waals surface area (Å²) in [6.07, 6.45) is 2.64. The lowest BCUT2D eigenvalue weighted by Gasteiger charge is -2.07. The first-order valence-electron chi connectivity index (χ1n) is 8.99. The molecule has 1 amide bonds. The maximum Gasteiger partial charge on any atom is 0.348 e. The Morgan fingerprint density at radius 2 is 1.83 bits per heavy atom. The number of nitrogens with one attached hydrogen (secondary N) is 1. The maximum atomic E-state index is 12.4. The lowest BCUT2D eigenvalue weighted by molar-refractivity contribution is -0.111. The number of carbonyl (C=O) groups is 3. The van der Waals surface area contributed by atoms with Gasteiger partial charge in [0.1, 0.15) is 9.88 Å². The summed E-state index contributed by atoms with van der Waals surface area (Å²) >= 11 is 6.83. The number of benzene rings is 1. The molecule has 0 atom stereocenters. The molecule has 29 heavy (non-hydrogen) atoms. The Labute approximate surface area is 178 Å². The fourth-order valence-corrected chi connectivity index (χ4v) is 3.62. The lowest BCUT2D eigenvalue weighted by Crippen LogP contribution is -2.13. The minimum absolute atomic E-state index is 0.154. The monoisotopic (exact) mass is 435 g/mol. The maximum absolute atomic E-state index is 12.4. The average Bonchev–Trinajstić information content (AvgIpc) is 2.97. The Hall–Kier alpha value is -2.64. The molecule has 2 aromatic rings. The fourth-order valence-electron chi connectivity index (χ4n) is 2.41. The van der Waals surface area contributed by atoms with Gasteiger partial charge in [-0.2, -0.15) is 0 Å². The van der Waals surface area contributed by atoms with Crippen LogP contribution in [-0.2, 0) is 14.3 Å². The lowest BCUT2D eigenvalue weighted by atomic mass is 10.1. The number of hydrogen-bond acceptors (Lipinski definition) is 6. The van der Waals surface area contributed by atoms with E-state index in [9.17, 15) is 14.4 Å². The molecule has 0 spiro atoms. The van der Waals surface area contributed by atoms with Gasteiger partial charge in [0, 0.05) is 11.1 Å². The van der Waals surface area contributed by atoms with E-state index >= 15 is 0 Å². The number of thiophene rings is 1. The summed E-state index contributed by atoms with van der Waals surface area (Å²) in [7, 11) is 0. The molecule has 0 fully saturated rings. The first-order valence-corrected chi connectivity index (χ1v) is 10.2. The molecule has 0 aliphatic carbocycles. The van der Waals surface area contributed by atoms with Crippen LogP contribution < -0.4 is 5.32 Å². The second-order valence-corrected chi connectivity index (χ2v) is 7.77. The third-order valence-electron chi connectivity index (χ3n) is 3.69. The number of halogens is 1. The molecule has 0 saturated carbocycles. The molecular formula is C21H22ClNO5S. The van der Waals surface area contributed by atoms with Gasteiger partial charge in [-0.25, -0.2) is 9.59 Å². The average molecular weight is 436 g/mol. The van der Waals surface area contributed by atoms with Crippen molar-refractivity contribution < 1.29 is 23.9 Å². The van der Waals surface area contributed by atoms with E-state index in [1.807, 2.05) is 0 Å². The number of amides is 1. The zero-order valence-corrected chi connectivity index (χ0v) is 18.1. The topological polar surface area (TPSA) is 81.7 Å². The summed E-state index contributed by atoms with van der Waals surface area (Å²) in [4.78, 5) is 37.3. The van der Waals surface area contributed by atoms with Crippen molar-refractivity contribution in [1.29, 1.82) is 0 Å². The van der Waals surface area contributed by atoms with Crippen LogP contribution in [0.25, 0.3) is 6.08 Å². The number of hydrogen-bond donors (Lipinski definition) is 1. The van der Waals surface area contributed by atoms with E-state index in [-0.39, 0.29) is 28.2 Å². The van der Waals surface area contributed by atoms with Crippen molar-refractivity contribution in [3.05, 3.63) is 56.9 Å². The minimum atomic E-state index is -0.609. The molecule has 1 heterocycles. The number of carbonyl (C=O) groups excluding carboxylic acids is 3. The van der Waals surface area contributed by atoms with Crippen molar-refractivity contribution in [3.63, 3.8) is 0 Å². The number of esters is 2.